The molecule has 2 rings (SSSR count). The van der Waals surface area contributed by atoms with Gasteiger partial charge in [0.25, 0.3) is 0 Å². The first-order chi connectivity index (χ1) is 10.5. The van der Waals surface area contributed by atoms with Gasteiger partial charge in [0.15, 0.2) is 5.54 Å². The van der Waals surface area contributed by atoms with E-state index in [2.05, 4.69) is 5.32 Å². The fourth-order valence-electron chi connectivity index (χ4n) is 2.48. The number of carbonyl (C=O) groups is 1. The van der Waals surface area contributed by atoms with Gasteiger partial charge in [-0.2, -0.15) is 0 Å². The van der Waals surface area contributed by atoms with Crippen molar-refractivity contribution in [2.24, 2.45) is 5.73 Å². The SMILES string of the molecule is NCCNC(C(=O)O)(c1ccccc1O)c1ccccc1O.[Fe]. The van der Waals surface area contributed by atoms with E-state index in [1.54, 1.807) is 24.3 Å². The number of para-hydroxylation sites is 2. The predicted molar refractivity (Wildman–Crippen MR) is 81.7 cm³/mol. The summed E-state index contributed by atoms with van der Waals surface area (Å²) in [4.78, 5) is 12.1. The Morgan fingerprint density at radius 3 is 1.78 bits per heavy atom. The van der Waals surface area contributed by atoms with Crippen LogP contribution in [0.1, 0.15) is 11.1 Å². The molecule has 0 amide bonds. The Hall–Kier alpha value is -2.05. The summed E-state index contributed by atoms with van der Waals surface area (Å²) in [6.07, 6.45) is 0. The first-order valence-corrected chi connectivity index (χ1v) is 6.79. The molecule has 23 heavy (non-hydrogen) atoms. The van der Waals surface area contributed by atoms with Crippen LogP contribution in [0.3, 0.4) is 0 Å². The van der Waals surface area contributed by atoms with E-state index in [0.29, 0.717) is 0 Å². The molecule has 0 bridgehead atoms. The third kappa shape index (κ3) is 3.48. The molecule has 0 aliphatic rings. The fourth-order valence-corrected chi connectivity index (χ4v) is 2.48. The molecular weight excluding hydrogens is 340 g/mol. The number of aliphatic carboxylic acids is 1. The third-order valence-corrected chi connectivity index (χ3v) is 3.47. The van der Waals surface area contributed by atoms with Gasteiger partial charge in [0.1, 0.15) is 11.5 Å². The summed E-state index contributed by atoms with van der Waals surface area (Å²) in [5.41, 5.74) is 3.97. The fraction of sp³-hybridized carbons (Fsp3) is 0.188. The van der Waals surface area contributed by atoms with Crippen LogP contribution in [0.25, 0.3) is 0 Å². The number of rotatable bonds is 6. The van der Waals surface area contributed by atoms with Crippen LogP contribution in [-0.4, -0.2) is 34.4 Å². The summed E-state index contributed by atoms with van der Waals surface area (Å²) < 4.78 is 0. The number of benzene rings is 2. The van der Waals surface area contributed by atoms with Crippen LogP contribution in [-0.2, 0) is 27.4 Å². The van der Waals surface area contributed by atoms with E-state index in [0.717, 1.165) is 0 Å². The molecule has 0 atom stereocenters. The molecule has 0 heterocycles. The molecule has 0 aliphatic carbocycles. The maximum absolute atomic E-state index is 12.1. The summed E-state index contributed by atoms with van der Waals surface area (Å²) in [6.45, 7) is 0.394. The number of aromatic hydroxyl groups is 2. The summed E-state index contributed by atoms with van der Waals surface area (Å²) in [5, 5.41) is 33.0. The zero-order valence-electron chi connectivity index (χ0n) is 12.2. The molecule has 0 spiro atoms. The number of phenols is 2. The van der Waals surface area contributed by atoms with Gasteiger partial charge in [-0.3, -0.25) is 5.32 Å². The van der Waals surface area contributed by atoms with E-state index < -0.39 is 11.5 Å². The van der Waals surface area contributed by atoms with E-state index in [-0.39, 0.29) is 52.8 Å². The minimum absolute atomic E-state index is 0. The van der Waals surface area contributed by atoms with Crippen molar-refractivity contribution in [1.82, 2.24) is 5.32 Å². The number of hydrogen-bond acceptors (Lipinski definition) is 5. The molecule has 0 aliphatic heterocycles. The predicted octanol–water partition coefficient (Wildman–Crippen LogP) is 0.972. The molecule has 0 fully saturated rings. The van der Waals surface area contributed by atoms with E-state index in [4.69, 9.17) is 5.73 Å². The molecular formula is C16H18FeN2O4. The first kappa shape index (κ1) is 19.0. The number of nitrogens with one attached hydrogen (secondary N) is 1. The summed E-state index contributed by atoms with van der Waals surface area (Å²) >= 11 is 0. The summed E-state index contributed by atoms with van der Waals surface area (Å²) in [5.74, 6) is -1.61. The molecule has 124 valence electrons. The minimum atomic E-state index is -1.80. The van der Waals surface area contributed by atoms with Gasteiger partial charge in [0.2, 0.25) is 0 Å². The molecule has 6 N–H and O–H groups in total. The van der Waals surface area contributed by atoms with Gasteiger partial charge in [0, 0.05) is 41.3 Å². The zero-order valence-corrected chi connectivity index (χ0v) is 13.3. The van der Waals surface area contributed by atoms with E-state index in [1.807, 2.05) is 0 Å². The monoisotopic (exact) mass is 358 g/mol. The largest absolute Gasteiger partial charge is 0.508 e. The average Bonchev–Trinajstić information content (AvgIpc) is 2.50. The zero-order chi connectivity index (χ0) is 16.2. The van der Waals surface area contributed by atoms with E-state index in [9.17, 15) is 20.1 Å². The van der Waals surface area contributed by atoms with E-state index in [1.165, 1.54) is 24.3 Å². The van der Waals surface area contributed by atoms with Gasteiger partial charge in [-0.15, -0.1) is 0 Å². The number of hydrogen-bond donors (Lipinski definition) is 5. The Morgan fingerprint density at radius 1 is 1.00 bits per heavy atom. The molecule has 2 aromatic carbocycles. The molecule has 0 saturated heterocycles. The van der Waals surface area contributed by atoms with Crippen LogP contribution in [0.15, 0.2) is 48.5 Å². The third-order valence-electron chi connectivity index (χ3n) is 3.47. The van der Waals surface area contributed by atoms with Crippen molar-refractivity contribution in [2.45, 2.75) is 5.54 Å². The average molecular weight is 358 g/mol. The van der Waals surface area contributed by atoms with Crippen LogP contribution in [0.5, 0.6) is 11.5 Å². The quantitative estimate of drug-likeness (QED) is 0.492. The molecule has 0 radical (unpaired) electrons. The molecule has 7 heteroatoms. The van der Waals surface area contributed by atoms with Gasteiger partial charge >= 0.3 is 5.97 Å². The second kappa shape index (κ2) is 7.99. The number of nitrogens with two attached hydrogens (primary N) is 1. The maximum atomic E-state index is 12.1. The number of carboxylic acids is 1. The van der Waals surface area contributed by atoms with Crippen molar-refractivity contribution < 1.29 is 37.2 Å². The van der Waals surface area contributed by atoms with Crippen molar-refractivity contribution >= 4 is 5.97 Å². The van der Waals surface area contributed by atoms with Crippen molar-refractivity contribution in [3.8, 4) is 11.5 Å². The number of phenolic OH excluding ortho intramolecular Hbond substituents is 2. The Labute approximate surface area is 144 Å². The molecule has 0 unspecified atom stereocenters. The number of carboxylic acid groups (broad SMARTS) is 1. The minimum Gasteiger partial charge on any atom is -0.508 e. The van der Waals surface area contributed by atoms with Gasteiger partial charge in [-0.25, -0.2) is 4.79 Å². The van der Waals surface area contributed by atoms with Crippen LogP contribution in [0.4, 0.5) is 0 Å². The molecule has 0 saturated carbocycles. The van der Waals surface area contributed by atoms with Crippen molar-refractivity contribution in [3.63, 3.8) is 0 Å². The molecule has 2 aromatic rings. The Morgan fingerprint density at radius 2 is 1.43 bits per heavy atom. The normalized spacial score (nSPS) is 10.8. The Kier molecular flexibility index (Phi) is 6.60. The van der Waals surface area contributed by atoms with Crippen LogP contribution < -0.4 is 11.1 Å². The standard InChI is InChI=1S/C16H18N2O4.Fe/c17-9-10-18-16(15(21)22,11-5-1-3-7-13(11)19)12-6-2-4-8-14(12)20;/h1-8,18-20H,9-10,17H2,(H,21,22);. The van der Waals surface area contributed by atoms with E-state index >= 15 is 0 Å². The summed E-state index contributed by atoms with van der Waals surface area (Å²) in [7, 11) is 0. The second-order valence-corrected chi connectivity index (χ2v) is 4.80. The van der Waals surface area contributed by atoms with Crippen molar-refractivity contribution in [1.29, 1.82) is 0 Å². The van der Waals surface area contributed by atoms with Crippen molar-refractivity contribution in [3.05, 3.63) is 59.7 Å². The Balaban J connectivity index is 0.00000264. The van der Waals surface area contributed by atoms with Gasteiger partial charge in [-0.05, 0) is 12.1 Å². The summed E-state index contributed by atoms with van der Waals surface area (Å²) in [6, 6.07) is 12.2. The Bertz CT molecular complexity index is 633. The topological polar surface area (TPSA) is 116 Å². The second-order valence-electron chi connectivity index (χ2n) is 4.80. The van der Waals surface area contributed by atoms with Gasteiger partial charge in [-0.1, -0.05) is 36.4 Å². The smallest absolute Gasteiger partial charge is 0.333 e. The van der Waals surface area contributed by atoms with Gasteiger partial charge in [0.05, 0.1) is 0 Å². The maximum Gasteiger partial charge on any atom is 0.333 e. The molecule has 6 nitrogen and oxygen atoms in total. The van der Waals surface area contributed by atoms with Crippen molar-refractivity contribution in [2.75, 3.05) is 13.1 Å². The first-order valence-electron chi connectivity index (χ1n) is 6.79. The van der Waals surface area contributed by atoms with Gasteiger partial charge < -0.3 is 21.1 Å². The van der Waals surface area contributed by atoms with Crippen LogP contribution >= 0.6 is 0 Å². The molecule has 0 aromatic heterocycles. The van der Waals surface area contributed by atoms with Crippen LogP contribution in [0, 0.1) is 0 Å². The van der Waals surface area contributed by atoms with Crippen LogP contribution in [0.2, 0.25) is 0 Å².